The maximum atomic E-state index is 13.5. The van der Waals surface area contributed by atoms with Crippen molar-refractivity contribution in [3.8, 4) is 5.75 Å². The number of nitro benzene ring substituents is 1. The summed E-state index contributed by atoms with van der Waals surface area (Å²) in [7, 11) is -2.80. The minimum absolute atomic E-state index is 0.131. The number of ether oxygens (including phenoxy) is 1. The van der Waals surface area contributed by atoms with Gasteiger partial charge >= 0.3 is 0 Å². The number of rotatable bonds is 4. The van der Waals surface area contributed by atoms with E-state index in [4.69, 9.17) is 4.74 Å². The van der Waals surface area contributed by atoms with Crippen LogP contribution in [0.5, 0.6) is 5.75 Å². The molecule has 9 heteroatoms. The molecule has 3 rings (SSSR count). The number of sulfonamides is 1. The summed E-state index contributed by atoms with van der Waals surface area (Å²) >= 11 is 0. The highest BCUT2D eigenvalue weighted by Gasteiger charge is 2.33. The van der Waals surface area contributed by atoms with E-state index in [0.717, 1.165) is 34.1 Å². The first kappa shape index (κ1) is 16.2. The third kappa shape index (κ3) is 2.56. The van der Waals surface area contributed by atoms with Crippen molar-refractivity contribution in [2.75, 3.05) is 18.0 Å². The molecule has 24 heavy (non-hydrogen) atoms. The molecule has 0 aromatic heterocycles. The fraction of sp³-hybridized carbons (Fsp3) is 0.200. The zero-order valence-electron chi connectivity index (χ0n) is 12.6. The third-order valence-corrected chi connectivity index (χ3v) is 5.68. The highest BCUT2D eigenvalue weighted by atomic mass is 32.2. The van der Waals surface area contributed by atoms with Gasteiger partial charge in [-0.25, -0.2) is 12.8 Å². The van der Waals surface area contributed by atoms with Gasteiger partial charge in [-0.1, -0.05) is 6.07 Å². The number of benzene rings is 2. The Morgan fingerprint density at radius 1 is 1.25 bits per heavy atom. The van der Waals surface area contributed by atoms with Crippen LogP contribution in [0.25, 0.3) is 0 Å². The Bertz CT molecular complexity index is 929. The Labute approximate surface area is 137 Å². The van der Waals surface area contributed by atoms with Crippen molar-refractivity contribution in [2.45, 2.75) is 11.3 Å². The van der Waals surface area contributed by atoms with Crippen LogP contribution in [0.4, 0.5) is 15.8 Å². The molecule has 0 spiro atoms. The SMILES string of the molecule is COc1cc([N+](=O)[O-])ccc1S(=O)(=O)N1CCc2ccc(F)cc21. The molecule has 0 N–H and O–H groups in total. The molecule has 0 atom stereocenters. The second kappa shape index (κ2) is 5.75. The first-order valence-corrected chi connectivity index (χ1v) is 8.42. The van der Waals surface area contributed by atoms with Crippen LogP contribution < -0.4 is 9.04 Å². The average molecular weight is 352 g/mol. The predicted octanol–water partition coefficient (Wildman–Crippen LogP) is 2.49. The van der Waals surface area contributed by atoms with Crippen LogP contribution >= 0.6 is 0 Å². The van der Waals surface area contributed by atoms with Crippen LogP contribution in [0, 0.1) is 15.9 Å². The van der Waals surface area contributed by atoms with E-state index < -0.39 is 20.8 Å². The third-order valence-electron chi connectivity index (χ3n) is 3.83. The molecule has 0 radical (unpaired) electrons. The largest absolute Gasteiger partial charge is 0.495 e. The number of non-ortho nitro benzene ring substituents is 1. The summed E-state index contributed by atoms with van der Waals surface area (Å²) < 4.78 is 45.4. The van der Waals surface area contributed by atoms with E-state index in [1.54, 1.807) is 6.07 Å². The molecule has 1 aliphatic heterocycles. The molecule has 2 aromatic rings. The molecule has 0 amide bonds. The van der Waals surface area contributed by atoms with E-state index in [2.05, 4.69) is 0 Å². The van der Waals surface area contributed by atoms with Gasteiger partial charge in [-0.3, -0.25) is 14.4 Å². The minimum Gasteiger partial charge on any atom is -0.495 e. The zero-order valence-corrected chi connectivity index (χ0v) is 13.4. The highest BCUT2D eigenvalue weighted by Crippen LogP contribution is 2.37. The number of hydrogen-bond donors (Lipinski definition) is 0. The molecule has 0 aliphatic carbocycles. The molecule has 126 valence electrons. The van der Waals surface area contributed by atoms with Crippen LogP contribution in [-0.2, 0) is 16.4 Å². The van der Waals surface area contributed by atoms with E-state index in [1.165, 1.54) is 13.2 Å². The fourth-order valence-electron chi connectivity index (χ4n) is 2.67. The second-order valence-electron chi connectivity index (χ2n) is 5.19. The molecule has 1 aliphatic rings. The topological polar surface area (TPSA) is 89.7 Å². The van der Waals surface area contributed by atoms with E-state index >= 15 is 0 Å². The maximum Gasteiger partial charge on any atom is 0.273 e. The van der Waals surface area contributed by atoms with E-state index in [0.29, 0.717) is 6.42 Å². The average Bonchev–Trinajstić information content (AvgIpc) is 2.97. The predicted molar refractivity (Wildman–Crippen MR) is 84.3 cm³/mol. The molecule has 0 bridgehead atoms. The molecular formula is C15H13FN2O5S. The first-order valence-electron chi connectivity index (χ1n) is 6.98. The van der Waals surface area contributed by atoms with Crippen LogP contribution in [-0.4, -0.2) is 27.0 Å². The van der Waals surface area contributed by atoms with Crippen molar-refractivity contribution in [1.82, 2.24) is 0 Å². The lowest BCUT2D eigenvalue weighted by atomic mass is 10.2. The van der Waals surface area contributed by atoms with E-state index in [1.807, 2.05) is 0 Å². The van der Waals surface area contributed by atoms with Crippen molar-refractivity contribution in [3.05, 3.63) is 57.9 Å². The molecule has 0 fully saturated rings. The van der Waals surface area contributed by atoms with Crippen molar-refractivity contribution in [2.24, 2.45) is 0 Å². The number of methoxy groups -OCH3 is 1. The van der Waals surface area contributed by atoms with Crippen LogP contribution in [0.3, 0.4) is 0 Å². The van der Waals surface area contributed by atoms with Crippen molar-refractivity contribution in [1.29, 1.82) is 0 Å². The summed E-state index contributed by atoms with van der Waals surface area (Å²) in [5, 5.41) is 10.8. The quantitative estimate of drug-likeness (QED) is 0.623. The standard InChI is InChI=1S/C15H13FN2O5S/c1-23-14-9-12(18(19)20)4-5-15(14)24(21,22)17-7-6-10-2-3-11(16)8-13(10)17/h2-5,8-9H,6-7H2,1H3. The number of anilines is 1. The Morgan fingerprint density at radius 2 is 2.00 bits per heavy atom. The smallest absolute Gasteiger partial charge is 0.273 e. The summed E-state index contributed by atoms with van der Waals surface area (Å²) in [6.45, 7) is 0.168. The lowest BCUT2D eigenvalue weighted by Crippen LogP contribution is -2.29. The van der Waals surface area contributed by atoms with Gasteiger partial charge in [-0.15, -0.1) is 0 Å². The summed E-state index contributed by atoms with van der Waals surface area (Å²) in [6.07, 6.45) is 0.462. The number of halogens is 1. The number of hydrogen-bond acceptors (Lipinski definition) is 5. The zero-order chi connectivity index (χ0) is 17.5. The summed E-state index contributed by atoms with van der Waals surface area (Å²) in [5.74, 6) is -0.666. The van der Waals surface area contributed by atoms with Gasteiger partial charge in [0.15, 0.2) is 0 Å². The Kier molecular flexibility index (Phi) is 3.88. The van der Waals surface area contributed by atoms with Gasteiger partial charge < -0.3 is 4.74 Å². The van der Waals surface area contributed by atoms with Gasteiger partial charge in [0.2, 0.25) is 0 Å². The summed E-state index contributed by atoms with van der Waals surface area (Å²) in [5.41, 5.74) is 0.718. The molecule has 0 saturated carbocycles. The molecular weight excluding hydrogens is 339 g/mol. The highest BCUT2D eigenvalue weighted by molar-refractivity contribution is 7.93. The van der Waals surface area contributed by atoms with Crippen molar-refractivity contribution >= 4 is 21.4 Å². The van der Waals surface area contributed by atoms with Crippen LogP contribution in [0.15, 0.2) is 41.3 Å². The maximum absolute atomic E-state index is 13.5. The lowest BCUT2D eigenvalue weighted by Gasteiger charge is -2.20. The van der Waals surface area contributed by atoms with Gasteiger partial charge in [-0.05, 0) is 30.2 Å². The molecule has 7 nitrogen and oxygen atoms in total. The van der Waals surface area contributed by atoms with Gasteiger partial charge in [0, 0.05) is 12.6 Å². The molecule has 0 unspecified atom stereocenters. The Morgan fingerprint density at radius 3 is 2.67 bits per heavy atom. The monoisotopic (exact) mass is 352 g/mol. The fourth-order valence-corrected chi connectivity index (χ4v) is 4.31. The molecule has 0 saturated heterocycles. The first-order chi connectivity index (χ1) is 11.3. The van der Waals surface area contributed by atoms with Crippen molar-refractivity contribution < 1.29 is 22.5 Å². The molecule has 1 heterocycles. The lowest BCUT2D eigenvalue weighted by molar-refractivity contribution is -0.385. The minimum atomic E-state index is -4.04. The number of fused-ring (bicyclic) bond motifs is 1. The van der Waals surface area contributed by atoms with E-state index in [-0.39, 0.29) is 28.6 Å². The Balaban J connectivity index is 2.10. The van der Waals surface area contributed by atoms with Gasteiger partial charge in [0.25, 0.3) is 15.7 Å². The van der Waals surface area contributed by atoms with Crippen molar-refractivity contribution in [3.63, 3.8) is 0 Å². The number of nitrogens with zero attached hydrogens (tertiary/aromatic N) is 2. The summed E-state index contributed by atoms with van der Waals surface area (Å²) in [4.78, 5) is 10.00. The number of nitro groups is 1. The van der Waals surface area contributed by atoms with Gasteiger partial charge in [-0.2, -0.15) is 0 Å². The summed E-state index contributed by atoms with van der Waals surface area (Å²) in [6, 6.07) is 7.27. The van der Waals surface area contributed by atoms with Crippen LogP contribution in [0.2, 0.25) is 0 Å². The van der Waals surface area contributed by atoms with Gasteiger partial charge in [0.05, 0.1) is 23.8 Å². The van der Waals surface area contributed by atoms with E-state index in [9.17, 15) is 22.9 Å². The van der Waals surface area contributed by atoms with Crippen LogP contribution in [0.1, 0.15) is 5.56 Å². The van der Waals surface area contributed by atoms with Gasteiger partial charge in [0.1, 0.15) is 16.5 Å². The second-order valence-corrected chi connectivity index (χ2v) is 7.02. The normalized spacial score (nSPS) is 13.7. The molecule has 2 aromatic carbocycles. The Hall–Kier alpha value is -2.68.